The molecule has 5 aromatic rings. The first-order valence-electron chi connectivity index (χ1n) is 10.1. The molecule has 0 aliphatic rings. The SMILES string of the molecule is Cc1ccc2c(S(=O)(=O)Oc3ccccc3)cc(-c3cnc(-c4ccccc4)[nH]3)nc2c1Br. The Kier molecular flexibility index (Phi) is 5.47. The summed E-state index contributed by atoms with van der Waals surface area (Å²) in [7, 11) is -4.14. The third-order valence-corrected chi connectivity index (χ3v) is 7.48. The number of imidazole rings is 1. The predicted octanol–water partition coefficient (Wildman–Crippen LogP) is 6.13. The zero-order valence-corrected chi connectivity index (χ0v) is 19.9. The highest BCUT2D eigenvalue weighted by molar-refractivity contribution is 9.10. The Hall–Kier alpha value is -3.49. The third kappa shape index (κ3) is 4.15. The van der Waals surface area contributed by atoms with Gasteiger partial charge in [-0.05, 0) is 46.6 Å². The highest BCUT2D eigenvalue weighted by Gasteiger charge is 2.24. The molecule has 0 atom stereocenters. The third-order valence-electron chi connectivity index (χ3n) is 5.19. The maximum atomic E-state index is 13.3. The van der Waals surface area contributed by atoms with Crippen LogP contribution in [-0.4, -0.2) is 23.4 Å². The molecule has 0 aliphatic heterocycles. The summed E-state index contributed by atoms with van der Waals surface area (Å²) in [5, 5.41) is 0.468. The van der Waals surface area contributed by atoms with Crippen LogP contribution < -0.4 is 4.18 Å². The maximum Gasteiger partial charge on any atom is 0.339 e. The summed E-state index contributed by atoms with van der Waals surface area (Å²) in [5.41, 5.74) is 3.42. The van der Waals surface area contributed by atoms with Crippen molar-refractivity contribution in [2.24, 2.45) is 0 Å². The second-order valence-electron chi connectivity index (χ2n) is 7.46. The molecular weight excluding hydrogens is 502 g/mol. The van der Waals surface area contributed by atoms with Crippen LogP contribution >= 0.6 is 15.9 Å². The molecule has 0 radical (unpaired) electrons. The van der Waals surface area contributed by atoms with Gasteiger partial charge in [-0.1, -0.05) is 60.7 Å². The monoisotopic (exact) mass is 519 g/mol. The van der Waals surface area contributed by atoms with Gasteiger partial charge in [0.2, 0.25) is 0 Å². The number of H-pyrrole nitrogens is 1. The van der Waals surface area contributed by atoms with Gasteiger partial charge >= 0.3 is 10.1 Å². The fraction of sp³-hybridized carbons (Fsp3) is 0.0400. The number of nitrogens with zero attached hydrogens (tertiary/aromatic N) is 2. The number of hydrogen-bond donors (Lipinski definition) is 1. The standard InChI is InChI=1S/C25H18BrN3O3S/c1-16-12-13-19-22(33(30,31)32-18-10-6-3-7-11-18)14-20(28-24(19)23(16)26)21-15-27-25(29-21)17-8-4-2-5-9-17/h2-15H,1H3,(H,27,29). The normalized spacial score (nSPS) is 11.6. The average molecular weight is 520 g/mol. The minimum Gasteiger partial charge on any atom is -0.379 e. The molecule has 0 saturated heterocycles. The Labute approximate surface area is 199 Å². The number of nitrogens with one attached hydrogen (secondary N) is 1. The summed E-state index contributed by atoms with van der Waals surface area (Å²) in [4.78, 5) is 12.5. The van der Waals surface area contributed by atoms with Crippen molar-refractivity contribution in [1.29, 1.82) is 0 Å². The molecule has 1 N–H and O–H groups in total. The van der Waals surface area contributed by atoms with Gasteiger partial charge in [0.25, 0.3) is 0 Å². The number of aromatic nitrogens is 3. The van der Waals surface area contributed by atoms with Crippen molar-refractivity contribution in [3.05, 3.63) is 95.1 Å². The predicted molar refractivity (Wildman–Crippen MR) is 131 cm³/mol. The van der Waals surface area contributed by atoms with Crippen molar-refractivity contribution in [2.75, 3.05) is 0 Å². The van der Waals surface area contributed by atoms with E-state index in [1.165, 1.54) is 6.07 Å². The van der Waals surface area contributed by atoms with Crippen molar-refractivity contribution in [3.63, 3.8) is 0 Å². The average Bonchev–Trinajstić information content (AvgIpc) is 3.32. The summed E-state index contributed by atoms with van der Waals surface area (Å²) in [6.07, 6.45) is 1.65. The highest BCUT2D eigenvalue weighted by Crippen LogP contribution is 2.34. The van der Waals surface area contributed by atoms with Crippen LogP contribution in [0.2, 0.25) is 0 Å². The maximum absolute atomic E-state index is 13.3. The number of halogens is 1. The van der Waals surface area contributed by atoms with Gasteiger partial charge in [0.05, 0.1) is 23.1 Å². The number of pyridine rings is 1. The number of hydrogen-bond acceptors (Lipinski definition) is 5. The zero-order valence-electron chi connectivity index (χ0n) is 17.5. The van der Waals surface area contributed by atoms with Crippen LogP contribution in [0.15, 0.2) is 94.4 Å². The van der Waals surface area contributed by atoms with Crippen molar-refractivity contribution >= 4 is 37.0 Å². The van der Waals surface area contributed by atoms with Crippen molar-refractivity contribution in [3.8, 4) is 28.5 Å². The lowest BCUT2D eigenvalue weighted by Gasteiger charge is -2.13. The number of para-hydroxylation sites is 1. The molecule has 2 aromatic heterocycles. The Morgan fingerprint density at radius 1 is 0.939 bits per heavy atom. The van der Waals surface area contributed by atoms with Gasteiger partial charge in [-0.15, -0.1) is 0 Å². The second-order valence-corrected chi connectivity index (χ2v) is 9.77. The molecule has 164 valence electrons. The van der Waals surface area contributed by atoms with Crippen LogP contribution in [0.5, 0.6) is 5.75 Å². The van der Waals surface area contributed by atoms with E-state index in [1.807, 2.05) is 43.3 Å². The van der Waals surface area contributed by atoms with Crippen LogP contribution in [0.3, 0.4) is 0 Å². The molecule has 5 rings (SSSR count). The van der Waals surface area contributed by atoms with Crippen LogP contribution in [-0.2, 0) is 10.1 Å². The van der Waals surface area contributed by atoms with E-state index in [4.69, 9.17) is 9.17 Å². The van der Waals surface area contributed by atoms with Gasteiger partial charge in [-0.25, -0.2) is 9.97 Å². The molecule has 6 nitrogen and oxygen atoms in total. The summed E-state index contributed by atoms with van der Waals surface area (Å²) in [6, 6.07) is 23.2. The van der Waals surface area contributed by atoms with Crippen molar-refractivity contribution in [1.82, 2.24) is 15.0 Å². The largest absolute Gasteiger partial charge is 0.379 e. The van der Waals surface area contributed by atoms with Crippen LogP contribution in [0.4, 0.5) is 0 Å². The van der Waals surface area contributed by atoms with E-state index >= 15 is 0 Å². The molecule has 0 aliphatic carbocycles. The molecule has 0 unspecified atom stereocenters. The van der Waals surface area contributed by atoms with E-state index in [-0.39, 0.29) is 10.6 Å². The van der Waals surface area contributed by atoms with E-state index in [0.717, 1.165) is 15.6 Å². The molecule has 0 saturated carbocycles. The number of aromatic amines is 1. The zero-order chi connectivity index (χ0) is 23.0. The van der Waals surface area contributed by atoms with E-state index in [0.29, 0.717) is 28.1 Å². The molecular formula is C25H18BrN3O3S. The van der Waals surface area contributed by atoms with Gasteiger partial charge in [0.15, 0.2) is 0 Å². The molecule has 0 spiro atoms. The molecule has 3 aromatic carbocycles. The molecule has 2 heterocycles. The molecule has 0 bridgehead atoms. The summed E-state index contributed by atoms with van der Waals surface area (Å²) in [6.45, 7) is 1.93. The Bertz CT molecular complexity index is 1570. The molecule has 33 heavy (non-hydrogen) atoms. The minimum absolute atomic E-state index is 0.0305. The molecule has 0 fully saturated rings. The Morgan fingerprint density at radius 2 is 1.64 bits per heavy atom. The van der Waals surface area contributed by atoms with E-state index in [2.05, 4.69) is 25.9 Å². The van der Waals surface area contributed by atoms with Gasteiger partial charge in [-0.3, -0.25) is 0 Å². The number of fused-ring (bicyclic) bond motifs is 1. The summed E-state index contributed by atoms with van der Waals surface area (Å²) in [5.74, 6) is 0.906. The van der Waals surface area contributed by atoms with Crippen molar-refractivity contribution in [2.45, 2.75) is 11.8 Å². The number of aryl methyl sites for hydroxylation is 1. The molecule has 8 heteroatoms. The Balaban J connectivity index is 1.68. The first-order chi connectivity index (χ1) is 15.9. The van der Waals surface area contributed by atoms with E-state index in [9.17, 15) is 8.42 Å². The van der Waals surface area contributed by atoms with E-state index in [1.54, 1.807) is 42.6 Å². The fourth-order valence-corrected chi connectivity index (χ4v) is 5.09. The lowest BCUT2D eigenvalue weighted by molar-refractivity contribution is 0.487. The minimum atomic E-state index is -4.14. The van der Waals surface area contributed by atoms with Gasteiger partial charge in [-0.2, -0.15) is 8.42 Å². The van der Waals surface area contributed by atoms with Crippen molar-refractivity contribution < 1.29 is 12.6 Å². The fourth-order valence-electron chi connectivity index (χ4n) is 3.51. The van der Waals surface area contributed by atoms with Gasteiger partial charge in [0.1, 0.15) is 16.5 Å². The second kappa shape index (κ2) is 8.46. The topological polar surface area (TPSA) is 84.9 Å². The first kappa shape index (κ1) is 21.4. The molecule has 0 amide bonds. The van der Waals surface area contributed by atoms with Crippen LogP contribution in [0.1, 0.15) is 5.56 Å². The van der Waals surface area contributed by atoms with Gasteiger partial charge < -0.3 is 9.17 Å². The number of rotatable bonds is 5. The summed E-state index contributed by atoms with van der Waals surface area (Å²) >= 11 is 3.57. The van der Waals surface area contributed by atoms with Gasteiger partial charge in [0, 0.05) is 15.4 Å². The number of benzene rings is 3. The van der Waals surface area contributed by atoms with Crippen LogP contribution in [0, 0.1) is 6.92 Å². The summed E-state index contributed by atoms with van der Waals surface area (Å²) < 4.78 is 32.8. The lowest BCUT2D eigenvalue weighted by atomic mass is 10.1. The first-order valence-corrected chi connectivity index (χ1v) is 12.3. The smallest absolute Gasteiger partial charge is 0.339 e. The lowest BCUT2D eigenvalue weighted by Crippen LogP contribution is -2.11. The Morgan fingerprint density at radius 3 is 2.36 bits per heavy atom. The van der Waals surface area contributed by atoms with Crippen LogP contribution in [0.25, 0.3) is 33.7 Å². The van der Waals surface area contributed by atoms with E-state index < -0.39 is 10.1 Å². The quantitative estimate of drug-likeness (QED) is 0.282. The highest BCUT2D eigenvalue weighted by atomic mass is 79.9.